The fourth-order valence-electron chi connectivity index (χ4n) is 3.83. The number of amides is 1. The molecule has 178 valence electrons. The summed E-state index contributed by atoms with van der Waals surface area (Å²) in [6, 6.07) is 12.5. The molecule has 0 aliphatic carbocycles. The van der Waals surface area contributed by atoms with E-state index in [2.05, 4.69) is 10.1 Å². The van der Waals surface area contributed by atoms with Gasteiger partial charge in [-0.3, -0.25) is 4.90 Å². The summed E-state index contributed by atoms with van der Waals surface area (Å²) in [5.74, 6) is 0.182. The zero-order valence-electron chi connectivity index (χ0n) is 19.7. The molecule has 2 heterocycles. The van der Waals surface area contributed by atoms with Gasteiger partial charge in [-0.2, -0.15) is 5.10 Å². The quantitative estimate of drug-likeness (QED) is 0.529. The van der Waals surface area contributed by atoms with Gasteiger partial charge in [-0.1, -0.05) is 18.2 Å². The van der Waals surface area contributed by atoms with Gasteiger partial charge in [-0.15, -0.1) is 0 Å². The molecule has 0 radical (unpaired) electrons. The van der Waals surface area contributed by atoms with E-state index in [1.165, 1.54) is 18.3 Å². The monoisotopic (exact) mass is 464 g/mol. The number of nitrogens with zero attached hydrogens (tertiary/aromatic N) is 4. The van der Waals surface area contributed by atoms with Crippen LogP contribution >= 0.6 is 0 Å². The molecule has 9 nitrogen and oxygen atoms in total. The zero-order valence-corrected chi connectivity index (χ0v) is 19.7. The third-order valence-electron chi connectivity index (χ3n) is 5.42. The minimum absolute atomic E-state index is 0.342. The van der Waals surface area contributed by atoms with Crippen molar-refractivity contribution in [2.75, 3.05) is 13.7 Å². The maximum atomic E-state index is 12.7. The average molecular weight is 465 g/mol. The van der Waals surface area contributed by atoms with Gasteiger partial charge in [0.15, 0.2) is 6.04 Å². The Bertz CT molecular complexity index is 1150. The predicted octanol–water partition coefficient (Wildman–Crippen LogP) is 3.85. The number of hydrogen-bond donors (Lipinski definition) is 0. The summed E-state index contributed by atoms with van der Waals surface area (Å²) < 4.78 is 18.2. The van der Waals surface area contributed by atoms with Crippen LogP contribution in [0.25, 0.3) is 5.69 Å². The molecule has 0 saturated heterocycles. The molecule has 34 heavy (non-hydrogen) atoms. The first-order chi connectivity index (χ1) is 16.2. The second kappa shape index (κ2) is 9.54. The van der Waals surface area contributed by atoms with Crippen molar-refractivity contribution in [3.05, 3.63) is 71.8 Å². The minimum atomic E-state index is -0.859. The first kappa shape index (κ1) is 23.3. The lowest BCUT2D eigenvalue weighted by Crippen LogP contribution is -2.46. The minimum Gasteiger partial charge on any atom is -0.489 e. The Kier molecular flexibility index (Phi) is 6.54. The number of hydrogen-bond acceptors (Lipinski definition) is 7. The summed E-state index contributed by atoms with van der Waals surface area (Å²) in [6.45, 7) is 6.11. The number of rotatable bonds is 5. The van der Waals surface area contributed by atoms with Gasteiger partial charge in [0.25, 0.3) is 0 Å². The van der Waals surface area contributed by atoms with Crippen molar-refractivity contribution in [1.29, 1.82) is 0 Å². The van der Waals surface area contributed by atoms with Crippen LogP contribution in [0.2, 0.25) is 0 Å². The Morgan fingerprint density at radius 3 is 2.53 bits per heavy atom. The van der Waals surface area contributed by atoms with Crippen LogP contribution in [0.5, 0.6) is 5.75 Å². The van der Waals surface area contributed by atoms with E-state index < -0.39 is 23.7 Å². The van der Waals surface area contributed by atoms with Crippen molar-refractivity contribution in [2.45, 2.75) is 45.4 Å². The molecule has 2 aromatic carbocycles. The van der Waals surface area contributed by atoms with Crippen LogP contribution in [0.3, 0.4) is 0 Å². The van der Waals surface area contributed by atoms with Gasteiger partial charge < -0.3 is 14.2 Å². The van der Waals surface area contributed by atoms with Crippen molar-refractivity contribution < 1.29 is 23.8 Å². The van der Waals surface area contributed by atoms with E-state index in [0.717, 1.165) is 16.8 Å². The molecule has 1 aliphatic rings. The van der Waals surface area contributed by atoms with Gasteiger partial charge >= 0.3 is 12.1 Å². The lowest BCUT2D eigenvalue weighted by atomic mass is 9.92. The number of aromatic nitrogens is 3. The lowest BCUT2D eigenvalue weighted by Gasteiger charge is -2.36. The number of ether oxygens (including phenoxy) is 3. The summed E-state index contributed by atoms with van der Waals surface area (Å²) in [5.41, 5.74) is 2.91. The summed E-state index contributed by atoms with van der Waals surface area (Å²) in [5, 5.41) is 4.12. The molecule has 0 bridgehead atoms. The number of carbonyl (C=O) groups excluding carboxylic acids is 2. The highest BCUT2D eigenvalue weighted by Gasteiger charge is 2.39. The fraction of sp³-hybridized carbons (Fsp3) is 0.360. The molecule has 0 N–H and O–H groups in total. The topological polar surface area (TPSA) is 95.8 Å². The van der Waals surface area contributed by atoms with Gasteiger partial charge in [0, 0.05) is 6.54 Å². The SMILES string of the molecule is COC(=O)[C@H]1c2ccc(OCc3ccc(-n4cncn4)cc3)cc2CCN1C(=O)OC(C)(C)C. The van der Waals surface area contributed by atoms with E-state index >= 15 is 0 Å². The van der Waals surface area contributed by atoms with Crippen LogP contribution in [0, 0.1) is 0 Å². The highest BCUT2D eigenvalue weighted by atomic mass is 16.6. The van der Waals surface area contributed by atoms with Crippen LogP contribution in [-0.2, 0) is 27.3 Å². The molecule has 1 amide bonds. The zero-order chi connectivity index (χ0) is 24.3. The molecular formula is C25H28N4O5. The van der Waals surface area contributed by atoms with Gasteiger partial charge in [0.2, 0.25) is 0 Å². The molecule has 0 spiro atoms. The molecule has 9 heteroatoms. The van der Waals surface area contributed by atoms with Crippen LogP contribution in [-0.4, -0.2) is 51.0 Å². The maximum absolute atomic E-state index is 12.7. The fourth-order valence-corrected chi connectivity index (χ4v) is 3.83. The molecule has 0 saturated carbocycles. The summed E-state index contributed by atoms with van der Waals surface area (Å²) in [6.07, 6.45) is 3.17. The molecule has 3 aromatic rings. The van der Waals surface area contributed by atoms with Crippen LogP contribution in [0.4, 0.5) is 4.79 Å². The molecule has 4 rings (SSSR count). The average Bonchev–Trinajstić information content (AvgIpc) is 3.35. The molecule has 0 unspecified atom stereocenters. The number of esters is 1. The van der Waals surface area contributed by atoms with E-state index in [-0.39, 0.29) is 0 Å². The standard InChI is InChI=1S/C25H28N4O5/c1-25(2,3)34-24(31)28-12-11-18-13-20(9-10-21(18)22(28)23(30)32-4)33-14-17-5-7-19(8-6-17)29-16-26-15-27-29/h5-10,13,15-16,22H,11-12,14H2,1-4H3/t22-/m1/s1. The largest absolute Gasteiger partial charge is 0.489 e. The van der Waals surface area contributed by atoms with Crippen molar-refractivity contribution in [2.24, 2.45) is 0 Å². The summed E-state index contributed by atoms with van der Waals surface area (Å²) >= 11 is 0. The van der Waals surface area contributed by atoms with E-state index in [9.17, 15) is 9.59 Å². The molecular weight excluding hydrogens is 436 g/mol. The molecule has 1 aliphatic heterocycles. The number of benzene rings is 2. The van der Waals surface area contributed by atoms with E-state index in [1.54, 1.807) is 37.8 Å². The molecule has 1 atom stereocenters. The van der Waals surface area contributed by atoms with Crippen LogP contribution < -0.4 is 4.74 Å². The Labute approximate surface area is 198 Å². The summed E-state index contributed by atoms with van der Waals surface area (Å²) in [7, 11) is 1.31. The smallest absolute Gasteiger partial charge is 0.411 e. The van der Waals surface area contributed by atoms with Gasteiger partial charge in [-0.05, 0) is 68.1 Å². The second-order valence-electron chi connectivity index (χ2n) is 9.01. The normalized spacial score (nSPS) is 15.4. The van der Waals surface area contributed by atoms with Crippen molar-refractivity contribution in [3.8, 4) is 11.4 Å². The highest BCUT2D eigenvalue weighted by Crippen LogP contribution is 2.34. The second-order valence-corrected chi connectivity index (χ2v) is 9.01. The van der Waals surface area contributed by atoms with Crippen molar-refractivity contribution in [3.63, 3.8) is 0 Å². The summed E-state index contributed by atoms with van der Waals surface area (Å²) in [4.78, 5) is 30.7. The lowest BCUT2D eigenvalue weighted by molar-refractivity contribution is -0.147. The van der Waals surface area contributed by atoms with Crippen molar-refractivity contribution >= 4 is 12.1 Å². The first-order valence-corrected chi connectivity index (χ1v) is 11.0. The van der Waals surface area contributed by atoms with Gasteiger partial charge in [0.1, 0.15) is 30.6 Å². The Hall–Kier alpha value is -3.88. The third-order valence-corrected chi connectivity index (χ3v) is 5.42. The number of fused-ring (bicyclic) bond motifs is 1. The Morgan fingerprint density at radius 2 is 1.88 bits per heavy atom. The van der Waals surface area contributed by atoms with Gasteiger partial charge in [0.05, 0.1) is 12.8 Å². The predicted molar refractivity (Wildman–Crippen MR) is 124 cm³/mol. The van der Waals surface area contributed by atoms with Crippen LogP contribution in [0.15, 0.2) is 55.1 Å². The highest BCUT2D eigenvalue weighted by molar-refractivity contribution is 5.84. The van der Waals surface area contributed by atoms with E-state index in [0.29, 0.717) is 30.9 Å². The van der Waals surface area contributed by atoms with Crippen LogP contribution in [0.1, 0.15) is 43.5 Å². The van der Waals surface area contributed by atoms with Crippen molar-refractivity contribution in [1.82, 2.24) is 19.7 Å². The Morgan fingerprint density at radius 1 is 1.12 bits per heavy atom. The number of carbonyl (C=O) groups is 2. The Balaban J connectivity index is 1.48. The molecule has 1 aromatic heterocycles. The maximum Gasteiger partial charge on any atom is 0.411 e. The molecule has 0 fully saturated rings. The van der Waals surface area contributed by atoms with E-state index in [4.69, 9.17) is 14.2 Å². The number of methoxy groups -OCH3 is 1. The van der Waals surface area contributed by atoms with E-state index in [1.807, 2.05) is 36.4 Å². The third kappa shape index (κ3) is 5.19. The first-order valence-electron chi connectivity index (χ1n) is 11.0. The van der Waals surface area contributed by atoms with Gasteiger partial charge in [-0.25, -0.2) is 19.3 Å².